The highest BCUT2D eigenvalue weighted by Crippen LogP contribution is 2.20. The van der Waals surface area contributed by atoms with Gasteiger partial charge in [0.15, 0.2) is 0 Å². The molecule has 1 aliphatic heterocycles. The molecule has 0 aromatic carbocycles. The van der Waals surface area contributed by atoms with Crippen LogP contribution in [-0.4, -0.2) is 61.2 Å². The molecule has 0 spiro atoms. The molecule has 0 bridgehead atoms. The Hall–Kier alpha value is -1.66. The summed E-state index contributed by atoms with van der Waals surface area (Å²) in [7, 11) is 0. The van der Waals surface area contributed by atoms with Crippen LogP contribution in [0.2, 0.25) is 0 Å². The Morgan fingerprint density at radius 1 is 1.52 bits per heavy atom. The van der Waals surface area contributed by atoms with Crippen LogP contribution < -0.4 is 10.6 Å². The highest BCUT2D eigenvalue weighted by atomic mass is 16.5. The van der Waals surface area contributed by atoms with Gasteiger partial charge < -0.3 is 20.3 Å². The van der Waals surface area contributed by atoms with Crippen molar-refractivity contribution in [2.24, 2.45) is 5.73 Å². The molecule has 2 N–H and O–H groups in total. The molecular weight excluding hydrogens is 268 g/mol. The van der Waals surface area contributed by atoms with Gasteiger partial charge in [-0.15, -0.1) is 0 Å². The average molecular weight is 292 g/mol. The Kier molecular flexibility index (Phi) is 5.52. The third-order valence-electron chi connectivity index (χ3n) is 3.84. The zero-order valence-electron chi connectivity index (χ0n) is 12.8. The van der Waals surface area contributed by atoms with Gasteiger partial charge in [-0.1, -0.05) is 0 Å². The molecule has 0 aliphatic carbocycles. The second-order valence-electron chi connectivity index (χ2n) is 5.03. The number of amides is 1. The number of carbonyl (C=O) groups excluding carboxylic acids is 1. The lowest BCUT2D eigenvalue weighted by Crippen LogP contribution is -2.49. The minimum absolute atomic E-state index is 0.0283. The molecule has 2 heterocycles. The number of hydrogen-bond acceptors (Lipinski definition) is 5. The van der Waals surface area contributed by atoms with Crippen molar-refractivity contribution in [3.8, 4) is 0 Å². The first-order valence-corrected chi connectivity index (χ1v) is 7.51. The Balaban J connectivity index is 2.22. The van der Waals surface area contributed by atoms with E-state index in [0.29, 0.717) is 38.5 Å². The number of pyridine rings is 1. The maximum atomic E-state index is 12.4. The number of ether oxygens (including phenoxy) is 1. The van der Waals surface area contributed by atoms with Crippen LogP contribution in [-0.2, 0) is 4.74 Å². The molecule has 1 aliphatic rings. The minimum atomic E-state index is -0.0283. The number of morpholine rings is 1. The molecule has 1 amide bonds. The Bertz CT molecular complexity index is 476. The van der Waals surface area contributed by atoms with Gasteiger partial charge in [0.2, 0.25) is 0 Å². The van der Waals surface area contributed by atoms with E-state index in [2.05, 4.69) is 9.88 Å². The van der Waals surface area contributed by atoms with E-state index in [9.17, 15) is 4.79 Å². The van der Waals surface area contributed by atoms with E-state index in [1.54, 1.807) is 11.1 Å². The predicted octanol–water partition coefficient (Wildman–Crippen LogP) is 0.728. The Morgan fingerprint density at radius 3 is 2.95 bits per heavy atom. The molecule has 6 heteroatoms. The molecule has 1 atom stereocenters. The van der Waals surface area contributed by atoms with Crippen molar-refractivity contribution < 1.29 is 9.53 Å². The van der Waals surface area contributed by atoms with Crippen molar-refractivity contribution in [1.82, 2.24) is 9.88 Å². The molecule has 0 radical (unpaired) electrons. The lowest BCUT2D eigenvalue weighted by molar-refractivity contribution is 0.0767. The summed E-state index contributed by atoms with van der Waals surface area (Å²) >= 11 is 0. The van der Waals surface area contributed by atoms with E-state index in [-0.39, 0.29) is 11.9 Å². The Labute approximate surface area is 125 Å². The minimum Gasteiger partial charge on any atom is -0.377 e. The van der Waals surface area contributed by atoms with E-state index < -0.39 is 0 Å². The summed E-state index contributed by atoms with van der Waals surface area (Å²) in [6.45, 7) is 7.92. The van der Waals surface area contributed by atoms with E-state index in [0.717, 1.165) is 12.2 Å². The highest BCUT2D eigenvalue weighted by molar-refractivity contribution is 5.93. The molecule has 1 saturated heterocycles. The van der Waals surface area contributed by atoms with Crippen LogP contribution in [0.1, 0.15) is 24.3 Å². The van der Waals surface area contributed by atoms with Crippen LogP contribution in [0, 0.1) is 0 Å². The zero-order chi connectivity index (χ0) is 15.2. The van der Waals surface area contributed by atoms with Gasteiger partial charge in [0.1, 0.15) is 5.69 Å². The topological polar surface area (TPSA) is 71.7 Å². The molecular formula is C15H24N4O2. The summed E-state index contributed by atoms with van der Waals surface area (Å²) in [5.41, 5.74) is 7.28. The van der Waals surface area contributed by atoms with Crippen LogP contribution in [0.15, 0.2) is 18.3 Å². The van der Waals surface area contributed by atoms with E-state index in [4.69, 9.17) is 10.5 Å². The van der Waals surface area contributed by atoms with Crippen LogP contribution in [0.5, 0.6) is 0 Å². The number of hydrogen-bond donors (Lipinski definition) is 1. The first-order chi connectivity index (χ1) is 10.2. The largest absolute Gasteiger partial charge is 0.377 e. The van der Waals surface area contributed by atoms with E-state index >= 15 is 0 Å². The van der Waals surface area contributed by atoms with Gasteiger partial charge >= 0.3 is 0 Å². The van der Waals surface area contributed by atoms with Crippen molar-refractivity contribution in [1.29, 1.82) is 0 Å². The molecule has 2 rings (SSSR count). The fraction of sp³-hybridized carbons (Fsp3) is 0.600. The Morgan fingerprint density at radius 2 is 2.29 bits per heavy atom. The monoisotopic (exact) mass is 292 g/mol. The van der Waals surface area contributed by atoms with Gasteiger partial charge in [-0.05, 0) is 26.0 Å². The predicted molar refractivity (Wildman–Crippen MR) is 82.5 cm³/mol. The molecule has 1 aromatic rings. The van der Waals surface area contributed by atoms with Gasteiger partial charge in [0.05, 0.1) is 19.3 Å². The SMILES string of the molecule is CCN(CC)C(=O)c1cc(N2CCOCC2CN)ccn1. The number of nitrogens with two attached hydrogens (primary N) is 1. The fourth-order valence-corrected chi connectivity index (χ4v) is 2.58. The lowest BCUT2D eigenvalue weighted by atomic mass is 10.2. The summed E-state index contributed by atoms with van der Waals surface area (Å²) in [5, 5.41) is 0. The summed E-state index contributed by atoms with van der Waals surface area (Å²) in [6.07, 6.45) is 1.69. The fourth-order valence-electron chi connectivity index (χ4n) is 2.58. The van der Waals surface area contributed by atoms with Gasteiger partial charge in [-0.25, -0.2) is 0 Å². The molecule has 1 unspecified atom stereocenters. The molecule has 21 heavy (non-hydrogen) atoms. The third-order valence-corrected chi connectivity index (χ3v) is 3.84. The summed E-state index contributed by atoms with van der Waals surface area (Å²) in [6, 6.07) is 3.93. The maximum absolute atomic E-state index is 12.4. The van der Waals surface area contributed by atoms with E-state index in [1.807, 2.05) is 26.0 Å². The number of aromatic nitrogens is 1. The zero-order valence-corrected chi connectivity index (χ0v) is 12.8. The van der Waals surface area contributed by atoms with Crippen LogP contribution in [0.4, 0.5) is 5.69 Å². The number of carbonyl (C=O) groups is 1. The summed E-state index contributed by atoms with van der Waals surface area (Å²) in [5.74, 6) is -0.0283. The first kappa shape index (κ1) is 15.7. The van der Waals surface area contributed by atoms with Crippen molar-refractivity contribution >= 4 is 11.6 Å². The standard InChI is InChI=1S/C15H24N4O2/c1-3-18(4-2)15(20)14-9-12(5-6-17-14)19-7-8-21-11-13(19)10-16/h5-6,9,13H,3-4,7-8,10-11,16H2,1-2H3. The van der Waals surface area contributed by atoms with Crippen molar-refractivity contribution in [2.45, 2.75) is 19.9 Å². The van der Waals surface area contributed by atoms with Gasteiger partial charge in [0, 0.05) is 38.1 Å². The van der Waals surface area contributed by atoms with Gasteiger partial charge in [0.25, 0.3) is 5.91 Å². The maximum Gasteiger partial charge on any atom is 0.272 e. The third kappa shape index (κ3) is 3.51. The normalized spacial score (nSPS) is 18.6. The van der Waals surface area contributed by atoms with Crippen LogP contribution in [0.3, 0.4) is 0 Å². The second kappa shape index (κ2) is 7.38. The van der Waals surface area contributed by atoms with Crippen LogP contribution in [0.25, 0.3) is 0 Å². The molecule has 116 valence electrons. The lowest BCUT2D eigenvalue weighted by Gasteiger charge is -2.36. The summed E-state index contributed by atoms with van der Waals surface area (Å²) in [4.78, 5) is 20.6. The molecule has 6 nitrogen and oxygen atoms in total. The first-order valence-electron chi connectivity index (χ1n) is 7.51. The number of rotatable bonds is 5. The number of nitrogens with zero attached hydrogens (tertiary/aromatic N) is 3. The van der Waals surface area contributed by atoms with Gasteiger partial charge in [-0.3, -0.25) is 9.78 Å². The van der Waals surface area contributed by atoms with Crippen LogP contribution >= 0.6 is 0 Å². The average Bonchev–Trinajstić information content (AvgIpc) is 2.56. The quantitative estimate of drug-likeness (QED) is 0.866. The molecule has 1 fully saturated rings. The van der Waals surface area contributed by atoms with Crippen molar-refractivity contribution in [3.63, 3.8) is 0 Å². The smallest absolute Gasteiger partial charge is 0.272 e. The number of anilines is 1. The summed E-state index contributed by atoms with van der Waals surface area (Å²) < 4.78 is 5.46. The second-order valence-corrected chi connectivity index (χ2v) is 5.03. The van der Waals surface area contributed by atoms with Crippen molar-refractivity contribution in [2.75, 3.05) is 44.3 Å². The van der Waals surface area contributed by atoms with Crippen molar-refractivity contribution in [3.05, 3.63) is 24.0 Å². The van der Waals surface area contributed by atoms with Gasteiger partial charge in [-0.2, -0.15) is 0 Å². The molecule has 0 saturated carbocycles. The highest BCUT2D eigenvalue weighted by Gasteiger charge is 2.23. The molecule has 1 aromatic heterocycles. The van der Waals surface area contributed by atoms with E-state index in [1.165, 1.54) is 0 Å².